The van der Waals surface area contributed by atoms with E-state index in [2.05, 4.69) is 17.2 Å². The molecule has 0 saturated heterocycles. The molecule has 5 nitrogen and oxygen atoms in total. The Balaban J connectivity index is 2.99. The van der Waals surface area contributed by atoms with E-state index in [1.165, 1.54) is 0 Å². The fraction of sp³-hybridized carbons (Fsp3) is 1.00. The van der Waals surface area contributed by atoms with Crippen LogP contribution >= 0.6 is 0 Å². The second-order valence-electron chi connectivity index (χ2n) is 3.99. The predicted octanol–water partition coefficient (Wildman–Crippen LogP) is 1.92. The summed E-state index contributed by atoms with van der Waals surface area (Å²) >= 11 is 0. The Morgan fingerprint density at radius 2 is 1.40 bits per heavy atom. The van der Waals surface area contributed by atoms with Crippen LogP contribution in [-0.4, -0.2) is 59.0 Å². The highest BCUT2D eigenvalue weighted by Crippen LogP contribution is 2.13. The summed E-state index contributed by atoms with van der Waals surface area (Å²) in [5.74, 6) is 0. The molecule has 0 aromatic rings. The van der Waals surface area contributed by atoms with Gasteiger partial charge in [-0.05, 0) is 6.42 Å². The van der Waals surface area contributed by atoms with E-state index in [1.807, 2.05) is 0 Å². The largest absolute Gasteiger partial charge is 0.413 e. The molecule has 0 radical (unpaired) electrons. The molecular formula is C12H24F3NO4. The molecule has 0 unspecified atom stereocenters. The number of unbranched alkanes of at least 4 members (excludes halogenated alkanes) is 1. The van der Waals surface area contributed by atoms with Crippen LogP contribution in [-0.2, 0) is 19.0 Å². The molecule has 0 aromatic carbocycles. The zero-order valence-electron chi connectivity index (χ0n) is 11.8. The van der Waals surface area contributed by atoms with E-state index in [0.717, 1.165) is 19.4 Å². The van der Waals surface area contributed by atoms with Gasteiger partial charge in [-0.2, -0.15) is 18.7 Å². The minimum atomic E-state index is -4.32. The monoisotopic (exact) mass is 303 g/mol. The standard InChI is InChI=1S/C12H24F3NO4/c1-2-3-5-17-7-9-19-10-8-18-6-4-16-20-11-12(13,14)15/h16H,2-11H2,1H3. The molecule has 0 amide bonds. The third kappa shape index (κ3) is 17.6. The zero-order valence-corrected chi connectivity index (χ0v) is 11.8. The van der Waals surface area contributed by atoms with Crippen molar-refractivity contribution in [2.45, 2.75) is 25.9 Å². The lowest BCUT2D eigenvalue weighted by Gasteiger charge is -2.09. The van der Waals surface area contributed by atoms with Gasteiger partial charge in [0.2, 0.25) is 0 Å². The Hall–Kier alpha value is -0.410. The van der Waals surface area contributed by atoms with Gasteiger partial charge in [-0.25, -0.2) is 0 Å². The van der Waals surface area contributed by atoms with Gasteiger partial charge in [-0.1, -0.05) is 13.3 Å². The number of rotatable bonds is 14. The van der Waals surface area contributed by atoms with Crippen LogP contribution in [0.1, 0.15) is 19.8 Å². The first-order valence-electron chi connectivity index (χ1n) is 6.71. The Labute approximate surface area is 117 Å². The van der Waals surface area contributed by atoms with Crippen molar-refractivity contribution in [1.82, 2.24) is 5.48 Å². The highest BCUT2D eigenvalue weighted by atomic mass is 19.4. The van der Waals surface area contributed by atoms with Gasteiger partial charge in [0, 0.05) is 13.2 Å². The van der Waals surface area contributed by atoms with E-state index in [-0.39, 0.29) is 13.2 Å². The van der Waals surface area contributed by atoms with E-state index in [1.54, 1.807) is 0 Å². The van der Waals surface area contributed by atoms with Crippen LogP contribution in [0.2, 0.25) is 0 Å². The van der Waals surface area contributed by atoms with E-state index < -0.39 is 12.8 Å². The SMILES string of the molecule is CCCCOCCOCCOCCNOCC(F)(F)F. The highest BCUT2D eigenvalue weighted by molar-refractivity contribution is 4.43. The summed E-state index contributed by atoms with van der Waals surface area (Å²) in [7, 11) is 0. The number of nitrogens with one attached hydrogen (secondary N) is 1. The van der Waals surface area contributed by atoms with Crippen molar-refractivity contribution in [3.8, 4) is 0 Å². The highest BCUT2D eigenvalue weighted by Gasteiger charge is 2.27. The van der Waals surface area contributed by atoms with Crippen LogP contribution in [0.4, 0.5) is 13.2 Å². The summed E-state index contributed by atoms with van der Waals surface area (Å²) in [6.45, 7) is 3.88. The van der Waals surface area contributed by atoms with Gasteiger partial charge in [-0.15, -0.1) is 0 Å². The zero-order chi connectivity index (χ0) is 15.1. The lowest BCUT2D eigenvalue weighted by atomic mass is 10.4. The molecule has 0 fully saturated rings. The maximum absolute atomic E-state index is 11.7. The Bertz CT molecular complexity index is 206. The first-order chi connectivity index (χ1) is 9.56. The minimum Gasteiger partial charge on any atom is -0.379 e. The van der Waals surface area contributed by atoms with Crippen molar-refractivity contribution in [2.24, 2.45) is 0 Å². The van der Waals surface area contributed by atoms with Crippen molar-refractivity contribution in [3.05, 3.63) is 0 Å². The van der Waals surface area contributed by atoms with Crippen molar-refractivity contribution >= 4 is 0 Å². The molecule has 0 atom stereocenters. The molecule has 0 aliphatic heterocycles. The predicted molar refractivity (Wildman–Crippen MR) is 67.4 cm³/mol. The average molecular weight is 303 g/mol. The van der Waals surface area contributed by atoms with E-state index in [0.29, 0.717) is 26.4 Å². The Morgan fingerprint density at radius 3 is 1.95 bits per heavy atom. The van der Waals surface area contributed by atoms with Crippen LogP contribution in [0.25, 0.3) is 0 Å². The number of halogens is 3. The molecule has 0 rings (SSSR count). The first kappa shape index (κ1) is 19.6. The molecule has 20 heavy (non-hydrogen) atoms. The summed E-state index contributed by atoms with van der Waals surface area (Å²) < 4.78 is 50.7. The molecule has 0 aliphatic rings. The summed E-state index contributed by atoms with van der Waals surface area (Å²) in [5, 5.41) is 0. The van der Waals surface area contributed by atoms with Gasteiger partial charge in [0.15, 0.2) is 6.61 Å². The molecule has 1 N–H and O–H groups in total. The molecular weight excluding hydrogens is 279 g/mol. The smallest absolute Gasteiger partial charge is 0.379 e. The first-order valence-corrected chi connectivity index (χ1v) is 6.71. The van der Waals surface area contributed by atoms with E-state index >= 15 is 0 Å². The van der Waals surface area contributed by atoms with Gasteiger partial charge >= 0.3 is 6.18 Å². The third-order valence-corrected chi connectivity index (χ3v) is 2.07. The number of alkyl halides is 3. The van der Waals surface area contributed by atoms with Crippen LogP contribution in [0.5, 0.6) is 0 Å². The molecule has 0 saturated carbocycles. The molecule has 0 bridgehead atoms. The third-order valence-electron chi connectivity index (χ3n) is 2.07. The molecule has 8 heteroatoms. The van der Waals surface area contributed by atoms with Gasteiger partial charge < -0.3 is 14.2 Å². The van der Waals surface area contributed by atoms with Crippen LogP contribution < -0.4 is 5.48 Å². The fourth-order valence-electron chi connectivity index (χ4n) is 1.11. The maximum Gasteiger partial charge on any atom is 0.413 e. The molecule has 122 valence electrons. The molecule has 0 aromatic heterocycles. The Kier molecular flexibility index (Phi) is 13.3. The number of hydroxylamine groups is 1. The van der Waals surface area contributed by atoms with E-state index in [4.69, 9.17) is 14.2 Å². The summed E-state index contributed by atoms with van der Waals surface area (Å²) in [5.41, 5.74) is 2.17. The van der Waals surface area contributed by atoms with Gasteiger partial charge in [-0.3, -0.25) is 4.84 Å². The Morgan fingerprint density at radius 1 is 0.850 bits per heavy atom. The second kappa shape index (κ2) is 13.6. The normalized spacial score (nSPS) is 12.0. The van der Waals surface area contributed by atoms with Crippen molar-refractivity contribution in [3.63, 3.8) is 0 Å². The van der Waals surface area contributed by atoms with Gasteiger partial charge in [0.1, 0.15) is 0 Å². The topological polar surface area (TPSA) is 49.0 Å². The van der Waals surface area contributed by atoms with Gasteiger partial charge in [0.25, 0.3) is 0 Å². The molecule has 0 aliphatic carbocycles. The lowest BCUT2D eigenvalue weighted by Crippen LogP contribution is -2.27. The van der Waals surface area contributed by atoms with Gasteiger partial charge in [0.05, 0.1) is 33.0 Å². The average Bonchev–Trinajstić information content (AvgIpc) is 2.38. The quantitative estimate of drug-likeness (QED) is 0.392. The lowest BCUT2D eigenvalue weighted by molar-refractivity contribution is -0.190. The van der Waals surface area contributed by atoms with Crippen molar-refractivity contribution < 1.29 is 32.2 Å². The number of ether oxygens (including phenoxy) is 3. The van der Waals surface area contributed by atoms with Crippen LogP contribution in [0, 0.1) is 0 Å². The summed E-state index contributed by atoms with van der Waals surface area (Å²) in [6.07, 6.45) is -2.16. The second-order valence-corrected chi connectivity index (χ2v) is 3.99. The number of hydrogen-bond donors (Lipinski definition) is 1. The summed E-state index contributed by atoms with van der Waals surface area (Å²) in [4.78, 5) is 4.19. The molecule has 0 heterocycles. The van der Waals surface area contributed by atoms with Crippen LogP contribution in [0.15, 0.2) is 0 Å². The fourth-order valence-corrected chi connectivity index (χ4v) is 1.11. The minimum absolute atomic E-state index is 0.191. The van der Waals surface area contributed by atoms with E-state index in [9.17, 15) is 13.2 Å². The van der Waals surface area contributed by atoms with Crippen molar-refractivity contribution in [2.75, 3.05) is 52.8 Å². The number of hydrogen-bond acceptors (Lipinski definition) is 5. The molecule has 0 spiro atoms. The maximum atomic E-state index is 11.7. The van der Waals surface area contributed by atoms with Crippen LogP contribution in [0.3, 0.4) is 0 Å². The summed E-state index contributed by atoms with van der Waals surface area (Å²) in [6, 6.07) is 0. The van der Waals surface area contributed by atoms with Crippen molar-refractivity contribution in [1.29, 1.82) is 0 Å².